The largest absolute Gasteiger partial charge is 0.462 e. The number of esters is 2. The third-order valence-electron chi connectivity index (χ3n) is 6.66. The highest BCUT2D eigenvalue weighted by Crippen LogP contribution is 2.13. The van der Waals surface area contributed by atoms with E-state index in [0.29, 0.717) is 19.3 Å². The van der Waals surface area contributed by atoms with Crippen LogP contribution in [0, 0.1) is 5.92 Å². The van der Waals surface area contributed by atoms with Crippen molar-refractivity contribution in [1.29, 1.82) is 0 Å². The Labute approximate surface area is 251 Å². The molecule has 0 aromatic carbocycles. The van der Waals surface area contributed by atoms with Crippen LogP contribution < -0.4 is 0 Å². The Bertz CT molecular complexity index is 737. The quantitative estimate of drug-likeness (QED) is 0.0442. The summed E-state index contributed by atoms with van der Waals surface area (Å²) in [4.78, 5) is 24.0. The summed E-state index contributed by atoms with van der Waals surface area (Å²) in [6.07, 6.45) is 30.7. The molecule has 0 saturated carbocycles. The van der Waals surface area contributed by atoms with Gasteiger partial charge in [0.15, 0.2) is 6.10 Å². The molecule has 0 heterocycles. The molecule has 0 aromatic rings. The minimum Gasteiger partial charge on any atom is -0.462 e. The molecular formula is C35H60O6. The smallest absolute Gasteiger partial charge is 0.306 e. The van der Waals surface area contributed by atoms with Crippen molar-refractivity contribution >= 4 is 11.9 Å². The number of aliphatic hydroxyl groups is 2. The molecule has 0 radical (unpaired) electrons. The van der Waals surface area contributed by atoms with Gasteiger partial charge in [-0.3, -0.25) is 9.59 Å². The normalized spacial score (nSPS) is 13.7. The van der Waals surface area contributed by atoms with E-state index in [1.54, 1.807) is 6.08 Å². The fraction of sp³-hybridized carbons (Fsp3) is 0.714. The molecule has 0 aliphatic carbocycles. The average molecular weight is 577 g/mol. The number of unbranched alkanes of at least 4 members (excludes halogenated alkanes) is 8. The van der Waals surface area contributed by atoms with Crippen LogP contribution in [0.4, 0.5) is 0 Å². The van der Waals surface area contributed by atoms with Crippen molar-refractivity contribution in [2.75, 3.05) is 13.2 Å². The Morgan fingerprint density at radius 3 is 2.10 bits per heavy atom. The molecule has 6 heteroatoms. The molecule has 2 atom stereocenters. The first kappa shape index (κ1) is 38.8. The molecule has 2 N–H and O–H groups in total. The number of rotatable bonds is 27. The molecule has 0 rings (SSSR count). The number of allylic oxidation sites excluding steroid dienone is 7. The monoisotopic (exact) mass is 576 g/mol. The lowest BCUT2D eigenvalue weighted by Gasteiger charge is -2.16. The van der Waals surface area contributed by atoms with E-state index in [2.05, 4.69) is 45.1 Å². The van der Waals surface area contributed by atoms with Crippen LogP contribution in [-0.2, 0) is 19.1 Å². The first-order chi connectivity index (χ1) is 19.9. The molecule has 41 heavy (non-hydrogen) atoms. The maximum atomic E-state index is 12.0. The molecule has 0 fully saturated rings. The summed E-state index contributed by atoms with van der Waals surface area (Å²) >= 11 is 0. The van der Waals surface area contributed by atoms with Gasteiger partial charge in [0.05, 0.1) is 12.7 Å². The standard InChI is InChI=1S/C35H60O6/c1-4-5-6-7-8-9-10-11-12-13-14-18-21-25-32(37)26-23-28-34(38)40-30-33(29-36)41-35(39)27-22-19-16-15-17-20-24-31(2)3/h8-9,11-12,14,18,21,25,31-33,36-37H,4-7,10,13,15-17,19-20,22-24,26-30H2,1-3H3/b9-8-,12-11-,18-14-,25-21+/t32-,33+/m1/s1. The van der Waals surface area contributed by atoms with Gasteiger partial charge >= 0.3 is 11.9 Å². The highest BCUT2D eigenvalue weighted by atomic mass is 16.6. The molecular weight excluding hydrogens is 516 g/mol. The molecule has 0 saturated heterocycles. The summed E-state index contributed by atoms with van der Waals surface area (Å²) in [5.41, 5.74) is 0. The number of aliphatic hydroxyl groups excluding tert-OH is 2. The lowest BCUT2D eigenvalue weighted by molar-refractivity contribution is -0.161. The highest BCUT2D eigenvalue weighted by Gasteiger charge is 2.16. The van der Waals surface area contributed by atoms with Gasteiger partial charge in [-0.15, -0.1) is 0 Å². The second-order valence-corrected chi connectivity index (χ2v) is 11.2. The first-order valence-electron chi connectivity index (χ1n) is 16.2. The summed E-state index contributed by atoms with van der Waals surface area (Å²) in [5, 5.41) is 19.5. The lowest BCUT2D eigenvalue weighted by Crippen LogP contribution is -2.28. The number of ether oxygens (including phenoxy) is 2. The molecule has 6 nitrogen and oxygen atoms in total. The second-order valence-electron chi connectivity index (χ2n) is 11.2. The van der Waals surface area contributed by atoms with Crippen molar-refractivity contribution in [2.24, 2.45) is 5.92 Å². The molecule has 0 aromatic heterocycles. The maximum Gasteiger partial charge on any atom is 0.306 e. The van der Waals surface area contributed by atoms with Crippen molar-refractivity contribution in [3.8, 4) is 0 Å². The fourth-order valence-corrected chi connectivity index (χ4v) is 4.13. The molecule has 0 amide bonds. The van der Waals surface area contributed by atoms with Crippen LogP contribution in [0.25, 0.3) is 0 Å². The van der Waals surface area contributed by atoms with E-state index in [4.69, 9.17) is 9.47 Å². The van der Waals surface area contributed by atoms with Crippen molar-refractivity contribution in [3.63, 3.8) is 0 Å². The zero-order chi connectivity index (χ0) is 30.4. The minimum atomic E-state index is -0.843. The van der Waals surface area contributed by atoms with Crippen LogP contribution >= 0.6 is 0 Å². The SMILES string of the molecule is CCCCC/C=C\C/C=C\C/C=C\C=C\[C@@H](O)CCCC(=O)OC[C@H](CO)OC(=O)CCCCCCCCC(C)C. The van der Waals surface area contributed by atoms with Crippen molar-refractivity contribution in [3.05, 3.63) is 48.6 Å². The first-order valence-corrected chi connectivity index (χ1v) is 16.2. The molecule has 0 spiro atoms. The van der Waals surface area contributed by atoms with E-state index in [1.807, 2.05) is 18.2 Å². The van der Waals surface area contributed by atoms with E-state index in [-0.39, 0.29) is 19.0 Å². The Hall–Kier alpha value is -2.18. The Morgan fingerprint density at radius 1 is 0.732 bits per heavy atom. The summed E-state index contributed by atoms with van der Waals surface area (Å²) < 4.78 is 10.4. The van der Waals surface area contributed by atoms with E-state index in [0.717, 1.165) is 44.4 Å². The second kappa shape index (κ2) is 29.3. The van der Waals surface area contributed by atoms with Gasteiger partial charge in [0.1, 0.15) is 6.61 Å². The van der Waals surface area contributed by atoms with Crippen LogP contribution in [0.5, 0.6) is 0 Å². The number of hydrogen-bond donors (Lipinski definition) is 2. The van der Waals surface area contributed by atoms with Gasteiger partial charge in [0.25, 0.3) is 0 Å². The van der Waals surface area contributed by atoms with Crippen molar-refractivity contribution in [1.82, 2.24) is 0 Å². The average Bonchev–Trinajstić information content (AvgIpc) is 2.94. The van der Waals surface area contributed by atoms with Crippen LogP contribution in [0.1, 0.15) is 130 Å². The van der Waals surface area contributed by atoms with Crippen LogP contribution in [0.15, 0.2) is 48.6 Å². The number of carbonyl (C=O) groups is 2. The van der Waals surface area contributed by atoms with Crippen LogP contribution in [-0.4, -0.2) is 47.6 Å². The van der Waals surface area contributed by atoms with Crippen molar-refractivity contribution < 1.29 is 29.3 Å². The van der Waals surface area contributed by atoms with Gasteiger partial charge in [0, 0.05) is 12.8 Å². The van der Waals surface area contributed by atoms with Gasteiger partial charge in [-0.1, -0.05) is 121 Å². The van der Waals surface area contributed by atoms with Gasteiger partial charge in [0.2, 0.25) is 0 Å². The Morgan fingerprint density at radius 2 is 1.39 bits per heavy atom. The molecule has 0 aliphatic rings. The summed E-state index contributed by atoms with van der Waals surface area (Å²) in [5.74, 6) is -0.0480. The maximum absolute atomic E-state index is 12.0. The number of carbonyl (C=O) groups excluding carboxylic acids is 2. The fourth-order valence-electron chi connectivity index (χ4n) is 4.13. The van der Waals surface area contributed by atoms with Crippen LogP contribution in [0.3, 0.4) is 0 Å². The lowest BCUT2D eigenvalue weighted by atomic mass is 10.0. The minimum absolute atomic E-state index is 0.155. The van der Waals surface area contributed by atoms with E-state index in [1.165, 1.54) is 44.9 Å². The summed E-state index contributed by atoms with van der Waals surface area (Å²) in [6, 6.07) is 0. The highest BCUT2D eigenvalue weighted by molar-refractivity contribution is 5.70. The van der Waals surface area contributed by atoms with E-state index in [9.17, 15) is 19.8 Å². The van der Waals surface area contributed by atoms with E-state index < -0.39 is 24.8 Å². The third kappa shape index (κ3) is 29.1. The van der Waals surface area contributed by atoms with Gasteiger partial charge in [-0.05, 0) is 50.9 Å². The summed E-state index contributed by atoms with van der Waals surface area (Å²) in [6.45, 7) is 6.15. The van der Waals surface area contributed by atoms with Gasteiger partial charge in [-0.2, -0.15) is 0 Å². The zero-order valence-corrected chi connectivity index (χ0v) is 26.3. The molecule has 0 unspecified atom stereocenters. The summed E-state index contributed by atoms with van der Waals surface area (Å²) in [7, 11) is 0. The van der Waals surface area contributed by atoms with Crippen molar-refractivity contribution in [2.45, 2.75) is 142 Å². The number of hydrogen-bond acceptors (Lipinski definition) is 6. The Balaban J connectivity index is 3.86. The topological polar surface area (TPSA) is 93.1 Å². The molecule has 0 bridgehead atoms. The van der Waals surface area contributed by atoms with Gasteiger partial charge in [-0.25, -0.2) is 0 Å². The zero-order valence-electron chi connectivity index (χ0n) is 26.3. The third-order valence-corrected chi connectivity index (χ3v) is 6.66. The predicted octanol–water partition coefficient (Wildman–Crippen LogP) is 8.33. The van der Waals surface area contributed by atoms with E-state index >= 15 is 0 Å². The predicted molar refractivity (Wildman–Crippen MR) is 169 cm³/mol. The van der Waals surface area contributed by atoms with Gasteiger partial charge < -0.3 is 19.7 Å². The van der Waals surface area contributed by atoms with Crippen LogP contribution in [0.2, 0.25) is 0 Å². The molecule has 0 aliphatic heterocycles. The molecule has 236 valence electrons. The Kier molecular flexibility index (Phi) is 27.8.